The quantitative estimate of drug-likeness (QED) is 0.748. The molecule has 7 atom stereocenters. The molecule has 0 aromatic heterocycles. The fraction of sp³-hybridized carbons (Fsp3) is 0.895. The molecule has 0 aromatic carbocycles. The van der Waals surface area contributed by atoms with E-state index in [1.807, 2.05) is 0 Å². The third-order valence-corrected chi connectivity index (χ3v) is 8.04. The minimum atomic E-state index is -0.365. The van der Waals surface area contributed by atoms with Gasteiger partial charge in [0.25, 0.3) is 0 Å². The van der Waals surface area contributed by atoms with Gasteiger partial charge in [0.15, 0.2) is 0 Å². The Morgan fingerprint density at radius 2 is 1.86 bits per heavy atom. The van der Waals surface area contributed by atoms with E-state index in [2.05, 4.69) is 13.8 Å². The van der Waals surface area contributed by atoms with Gasteiger partial charge < -0.3 is 5.11 Å². The summed E-state index contributed by atoms with van der Waals surface area (Å²) in [7, 11) is 0. The van der Waals surface area contributed by atoms with Crippen LogP contribution < -0.4 is 0 Å². The normalized spacial score (nSPS) is 54.6. The Labute approximate surface area is 132 Å². The molecule has 4 aliphatic rings. The van der Waals surface area contributed by atoms with E-state index in [1.165, 1.54) is 0 Å². The standard InChI is InChI=1S/C19H28O3/c1-18-8-7-12(20)9-11(18)3-4-13-14-5-6-16(22)19(14,2)10-15(21)17(13)18/h11-14,17,20H,3-10H2,1-2H3/t11-,12-,13?,14?,17?,18-,19-/m0/s1. The number of Topliss-reactive ketones (excluding diaryl/α,β-unsaturated/α-hetero) is 2. The SMILES string of the molecule is C[C@]12CC(=O)C3C(CC[C@H]4C[C@@H](O)CC[C@]34C)C1CCC2=O. The average Bonchev–Trinajstić information content (AvgIpc) is 2.75. The van der Waals surface area contributed by atoms with Crippen molar-refractivity contribution in [3.8, 4) is 0 Å². The summed E-state index contributed by atoms with van der Waals surface area (Å²) in [5.41, 5.74) is -0.304. The number of hydrogen-bond donors (Lipinski definition) is 1. The van der Waals surface area contributed by atoms with Gasteiger partial charge in [0, 0.05) is 24.2 Å². The Morgan fingerprint density at radius 3 is 2.64 bits per heavy atom. The van der Waals surface area contributed by atoms with Crippen LogP contribution in [-0.2, 0) is 9.59 Å². The maximum Gasteiger partial charge on any atom is 0.139 e. The predicted octanol–water partition coefficient (Wildman–Crippen LogP) is 3.14. The zero-order valence-electron chi connectivity index (χ0n) is 13.8. The summed E-state index contributed by atoms with van der Waals surface area (Å²) in [6.45, 7) is 4.36. The first-order valence-corrected chi connectivity index (χ1v) is 9.10. The Balaban J connectivity index is 1.71. The maximum atomic E-state index is 13.0. The van der Waals surface area contributed by atoms with Crippen molar-refractivity contribution >= 4 is 11.6 Å². The number of hydrogen-bond acceptors (Lipinski definition) is 3. The highest BCUT2D eigenvalue weighted by Crippen LogP contribution is 2.64. The van der Waals surface area contributed by atoms with Gasteiger partial charge in [-0.1, -0.05) is 13.8 Å². The lowest BCUT2D eigenvalue weighted by Crippen LogP contribution is -2.57. The van der Waals surface area contributed by atoms with Gasteiger partial charge in [-0.05, 0) is 61.7 Å². The van der Waals surface area contributed by atoms with Crippen LogP contribution >= 0.6 is 0 Å². The smallest absolute Gasteiger partial charge is 0.139 e. The van der Waals surface area contributed by atoms with E-state index in [0.717, 1.165) is 38.5 Å². The van der Waals surface area contributed by atoms with Crippen molar-refractivity contribution in [1.82, 2.24) is 0 Å². The van der Waals surface area contributed by atoms with Gasteiger partial charge in [0.1, 0.15) is 11.6 Å². The molecule has 0 spiro atoms. The van der Waals surface area contributed by atoms with Gasteiger partial charge in [-0.25, -0.2) is 0 Å². The fourth-order valence-corrected chi connectivity index (χ4v) is 6.83. The molecule has 3 unspecified atom stereocenters. The molecule has 0 radical (unpaired) electrons. The lowest BCUT2D eigenvalue weighted by atomic mass is 9.45. The average molecular weight is 304 g/mol. The van der Waals surface area contributed by atoms with E-state index >= 15 is 0 Å². The molecule has 3 heteroatoms. The second-order valence-electron chi connectivity index (χ2n) is 8.98. The summed E-state index contributed by atoms with van der Waals surface area (Å²) >= 11 is 0. The number of rotatable bonds is 0. The Kier molecular flexibility index (Phi) is 3.15. The summed E-state index contributed by atoms with van der Waals surface area (Å²) in [6.07, 6.45) is 6.86. The lowest BCUT2D eigenvalue weighted by Gasteiger charge is -2.58. The topological polar surface area (TPSA) is 54.4 Å². The van der Waals surface area contributed by atoms with Crippen LogP contribution in [0.1, 0.15) is 65.2 Å². The van der Waals surface area contributed by atoms with Crippen molar-refractivity contribution in [3.05, 3.63) is 0 Å². The van der Waals surface area contributed by atoms with Gasteiger partial charge in [0.05, 0.1) is 6.10 Å². The van der Waals surface area contributed by atoms with Gasteiger partial charge >= 0.3 is 0 Å². The van der Waals surface area contributed by atoms with E-state index < -0.39 is 0 Å². The van der Waals surface area contributed by atoms with E-state index in [0.29, 0.717) is 42.2 Å². The zero-order chi connectivity index (χ0) is 15.7. The van der Waals surface area contributed by atoms with Crippen LogP contribution in [0.3, 0.4) is 0 Å². The van der Waals surface area contributed by atoms with Crippen LogP contribution in [0.5, 0.6) is 0 Å². The second-order valence-corrected chi connectivity index (χ2v) is 8.98. The van der Waals surface area contributed by atoms with Crippen LogP contribution in [-0.4, -0.2) is 22.8 Å². The summed E-state index contributed by atoms with van der Waals surface area (Å²) < 4.78 is 0. The van der Waals surface area contributed by atoms with Gasteiger partial charge in [-0.3, -0.25) is 9.59 Å². The van der Waals surface area contributed by atoms with Gasteiger partial charge in [-0.15, -0.1) is 0 Å². The van der Waals surface area contributed by atoms with Crippen molar-refractivity contribution in [3.63, 3.8) is 0 Å². The van der Waals surface area contributed by atoms with Crippen LogP contribution in [0.25, 0.3) is 0 Å². The monoisotopic (exact) mass is 304 g/mol. The number of fused-ring (bicyclic) bond motifs is 5. The van der Waals surface area contributed by atoms with Gasteiger partial charge in [0.2, 0.25) is 0 Å². The van der Waals surface area contributed by atoms with Crippen LogP contribution in [0.2, 0.25) is 0 Å². The summed E-state index contributed by atoms with van der Waals surface area (Å²) in [5, 5.41) is 10.0. The number of carbonyl (C=O) groups is 2. The molecule has 0 bridgehead atoms. The molecule has 1 N–H and O–H groups in total. The van der Waals surface area contributed by atoms with E-state index in [9.17, 15) is 14.7 Å². The maximum absolute atomic E-state index is 13.0. The molecule has 4 rings (SSSR count). The molecule has 4 saturated carbocycles. The fourth-order valence-electron chi connectivity index (χ4n) is 6.83. The van der Waals surface area contributed by atoms with Gasteiger partial charge in [-0.2, -0.15) is 0 Å². The molecular weight excluding hydrogens is 276 g/mol. The van der Waals surface area contributed by atoms with Crippen molar-refractivity contribution in [2.45, 2.75) is 71.3 Å². The van der Waals surface area contributed by atoms with E-state index in [1.54, 1.807) is 0 Å². The lowest BCUT2D eigenvalue weighted by molar-refractivity contribution is -0.162. The molecule has 122 valence electrons. The van der Waals surface area contributed by atoms with E-state index in [-0.39, 0.29) is 22.9 Å². The summed E-state index contributed by atoms with van der Waals surface area (Å²) in [5.74, 6) is 2.14. The van der Waals surface area contributed by atoms with Crippen LogP contribution in [0, 0.1) is 34.5 Å². The largest absolute Gasteiger partial charge is 0.393 e. The van der Waals surface area contributed by atoms with Crippen LogP contribution in [0.4, 0.5) is 0 Å². The third kappa shape index (κ3) is 1.78. The minimum absolute atomic E-state index is 0.0617. The Hall–Kier alpha value is -0.700. The number of ketones is 2. The molecule has 0 aliphatic heterocycles. The third-order valence-electron chi connectivity index (χ3n) is 8.04. The highest BCUT2D eigenvalue weighted by Gasteiger charge is 2.63. The Morgan fingerprint density at radius 1 is 1.09 bits per heavy atom. The first-order chi connectivity index (χ1) is 10.4. The predicted molar refractivity (Wildman–Crippen MR) is 83.1 cm³/mol. The van der Waals surface area contributed by atoms with E-state index in [4.69, 9.17) is 0 Å². The molecule has 0 amide bonds. The molecule has 0 heterocycles. The number of aliphatic hydroxyl groups is 1. The minimum Gasteiger partial charge on any atom is -0.393 e. The summed E-state index contributed by atoms with van der Waals surface area (Å²) in [4.78, 5) is 25.4. The van der Waals surface area contributed by atoms with Crippen LogP contribution in [0.15, 0.2) is 0 Å². The Bertz CT molecular complexity index is 527. The molecule has 0 aromatic rings. The molecule has 4 fully saturated rings. The molecule has 3 nitrogen and oxygen atoms in total. The van der Waals surface area contributed by atoms with Crippen molar-refractivity contribution in [1.29, 1.82) is 0 Å². The zero-order valence-corrected chi connectivity index (χ0v) is 13.8. The first-order valence-electron chi connectivity index (χ1n) is 9.10. The second kappa shape index (κ2) is 4.66. The van der Waals surface area contributed by atoms with Crippen molar-refractivity contribution < 1.29 is 14.7 Å². The van der Waals surface area contributed by atoms with Crippen molar-refractivity contribution in [2.24, 2.45) is 34.5 Å². The molecule has 22 heavy (non-hydrogen) atoms. The number of aliphatic hydroxyl groups excluding tert-OH is 1. The number of carbonyl (C=O) groups excluding carboxylic acids is 2. The first kappa shape index (κ1) is 14.9. The van der Waals surface area contributed by atoms with Crippen molar-refractivity contribution in [2.75, 3.05) is 0 Å². The molecule has 0 saturated heterocycles. The highest BCUT2D eigenvalue weighted by atomic mass is 16.3. The highest BCUT2D eigenvalue weighted by molar-refractivity contribution is 5.95. The molecule has 4 aliphatic carbocycles. The summed E-state index contributed by atoms with van der Waals surface area (Å²) in [6, 6.07) is 0. The molecular formula is C19H28O3.